The number of hydrogen-bond acceptors (Lipinski definition) is 1. The van der Waals surface area contributed by atoms with Gasteiger partial charge < -0.3 is 0 Å². The molecule has 1 aromatic rings. The maximum atomic E-state index is 4.30. The molecule has 0 unspecified atom stereocenters. The van der Waals surface area contributed by atoms with E-state index in [1.54, 1.807) is 6.08 Å². The molecular weight excluding hydrogens is 158 g/mol. The zero-order valence-electron chi connectivity index (χ0n) is 8.09. The van der Waals surface area contributed by atoms with E-state index in [2.05, 4.69) is 31.1 Å². The summed E-state index contributed by atoms with van der Waals surface area (Å²) in [4.78, 5) is 4.30. The summed E-state index contributed by atoms with van der Waals surface area (Å²) in [6.45, 7) is 9.62. The van der Waals surface area contributed by atoms with E-state index in [0.29, 0.717) is 0 Å². The van der Waals surface area contributed by atoms with Crippen LogP contribution in [0.3, 0.4) is 0 Å². The van der Waals surface area contributed by atoms with Gasteiger partial charge in [-0.25, -0.2) is 0 Å². The van der Waals surface area contributed by atoms with Crippen LogP contribution in [0.15, 0.2) is 25.4 Å². The summed E-state index contributed by atoms with van der Waals surface area (Å²) in [5, 5.41) is 0. The van der Waals surface area contributed by atoms with Crippen LogP contribution in [0, 0.1) is 0 Å². The minimum atomic E-state index is 0.912. The van der Waals surface area contributed by atoms with E-state index >= 15 is 0 Å². The highest BCUT2D eigenvalue weighted by Crippen LogP contribution is 2.12. The Hall–Kier alpha value is -1.37. The van der Waals surface area contributed by atoms with Crippen molar-refractivity contribution < 1.29 is 0 Å². The summed E-state index contributed by atoms with van der Waals surface area (Å²) in [5.74, 6) is 0. The van der Waals surface area contributed by atoms with Gasteiger partial charge in [0.15, 0.2) is 0 Å². The van der Waals surface area contributed by atoms with Crippen LogP contribution >= 0.6 is 0 Å². The molecule has 1 heteroatoms. The van der Waals surface area contributed by atoms with Crippen molar-refractivity contribution in [2.45, 2.75) is 19.8 Å². The topological polar surface area (TPSA) is 12.9 Å². The molecule has 1 heterocycles. The summed E-state index contributed by atoms with van der Waals surface area (Å²) in [5.41, 5.74) is 3.25. The van der Waals surface area contributed by atoms with Crippen LogP contribution in [0.2, 0.25) is 0 Å². The Kier molecular flexibility index (Phi) is 3.44. The zero-order chi connectivity index (χ0) is 9.68. The summed E-state index contributed by atoms with van der Waals surface area (Å²) in [7, 11) is 0. The minimum Gasteiger partial charge on any atom is -0.256 e. The Morgan fingerprint density at radius 3 is 2.69 bits per heavy atom. The highest BCUT2D eigenvalue weighted by molar-refractivity contribution is 5.60. The van der Waals surface area contributed by atoms with Crippen LogP contribution in [-0.4, -0.2) is 4.98 Å². The highest BCUT2D eigenvalue weighted by atomic mass is 14.7. The van der Waals surface area contributed by atoms with Gasteiger partial charge in [0, 0.05) is 6.20 Å². The molecule has 0 amide bonds. The monoisotopic (exact) mass is 173 g/mol. The summed E-state index contributed by atoms with van der Waals surface area (Å²) in [6, 6.07) is 2.13. The van der Waals surface area contributed by atoms with Crippen molar-refractivity contribution in [2.24, 2.45) is 0 Å². The molecule has 0 N–H and O–H groups in total. The maximum absolute atomic E-state index is 4.30. The van der Waals surface area contributed by atoms with Gasteiger partial charge in [0.05, 0.1) is 5.69 Å². The lowest BCUT2D eigenvalue weighted by atomic mass is 10.1. The molecular formula is C12H15N. The molecule has 0 aliphatic rings. The average molecular weight is 173 g/mol. The van der Waals surface area contributed by atoms with Gasteiger partial charge in [0.1, 0.15) is 0 Å². The van der Waals surface area contributed by atoms with Crippen molar-refractivity contribution in [3.63, 3.8) is 0 Å². The number of aryl methyl sites for hydroxylation is 1. The van der Waals surface area contributed by atoms with E-state index in [1.807, 2.05) is 12.3 Å². The first kappa shape index (κ1) is 9.72. The number of rotatable bonds is 4. The second-order valence-corrected chi connectivity index (χ2v) is 2.98. The van der Waals surface area contributed by atoms with Crippen LogP contribution in [-0.2, 0) is 6.42 Å². The van der Waals surface area contributed by atoms with Gasteiger partial charge in [-0.05, 0) is 29.7 Å². The van der Waals surface area contributed by atoms with Gasteiger partial charge in [-0.15, -0.1) is 0 Å². The first-order valence-electron chi connectivity index (χ1n) is 4.55. The Morgan fingerprint density at radius 2 is 2.15 bits per heavy atom. The van der Waals surface area contributed by atoms with Crippen molar-refractivity contribution in [2.75, 3.05) is 0 Å². The number of pyridine rings is 1. The van der Waals surface area contributed by atoms with Crippen LogP contribution in [0.1, 0.15) is 30.2 Å². The normalized spacial score (nSPS) is 9.62. The van der Waals surface area contributed by atoms with Gasteiger partial charge >= 0.3 is 0 Å². The van der Waals surface area contributed by atoms with Gasteiger partial charge in [0.2, 0.25) is 0 Å². The molecule has 0 saturated heterocycles. The Morgan fingerprint density at radius 1 is 1.38 bits per heavy atom. The number of aromatic nitrogens is 1. The lowest BCUT2D eigenvalue weighted by Gasteiger charge is -2.03. The smallest absolute Gasteiger partial charge is 0.0696 e. The lowest BCUT2D eigenvalue weighted by Crippen LogP contribution is -1.91. The molecule has 68 valence electrons. The summed E-state index contributed by atoms with van der Waals surface area (Å²) in [6.07, 6.45) is 7.71. The third-order valence-corrected chi connectivity index (χ3v) is 1.96. The molecule has 0 saturated carbocycles. The largest absolute Gasteiger partial charge is 0.256 e. The number of hydrogen-bond donors (Lipinski definition) is 0. The van der Waals surface area contributed by atoms with E-state index in [-0.39, 0.29) is 0 Å². The first-order valence-corrected chi connectivity index (χ1v) is 4.55. The Bertz CT molecular complexity index is 313. The van der Waals surface area contributed by atoms with Crippen molar-refractivity contribution in [3.8, 4) is 0 Å². The fourth-order valence-corrected chi connectivity index (χ4v) is 1.30. The van der Waals surface area contributed by atoms with E-state index < -0.39 is 0 Å². The van der Waals surface area contributed by atoms with E-state index in [0.717, 1.165) is 24.1 Å². The fourth-order valence-electron chi connectivity index (χ4n) is 1.30. The summed E-state index contributed by atoms with van der Waals surface area (Å²) < 4.78 is 0. The van der Waals surface area contributed by atoms with E-state index in [9.17, 15) is 0 Å². The Balaban J connectivity index is 3.05. The molecule has 0 spiro atoms. The lowest BCUT2D eigenvalue weighted by molar-refractivity contribution is 0.912. The molecule has 0 atom stereocenters. The minimum absolute atomic E-state index is 0.912. The first-order chi connectivity index (χ1) is 6.31. The van der Waals surface area contributed by atoms with Crippen LogP contribution in [0.4, 0.5) is 0 Å². The highest BCUT2D eigenvalue weighted by Gasteiger charge is 1.98. The zero-order valence-corrected chi connectivity index (χ0v) is 8.09. The third-order valence-electron chi connectivity index (χ3n) is 1.96. The molecule has 0 radical (unpaired) electrons. The molecule has 0 aromatic carbocycles. The molecule has 0 bridgehead atoms. The fraction of sp³-hybridized carbons (Fsp3) is 0.250. The van der Waals surface area contributed by atoms with Crippen LogP contribution < -0.4 is 0 Å². The van der Waals surface area contributed by atoms with Crippen molar-refractivity contribution >= 4 is 12.2 Å². The molecule has 0 fully saturated rings. The number of nitrogens with zero attached hydrogens (tertiary/aromatic N) is 1. The molecule has 13 heavy (non-hydrogen) atoms. The molecule has 1 nitrogen and oxygen atoms in total. The van der Waals surface area contributed by atoms with Gasteiger partial charge in [-0.1, -0.05) is 32.6 Å². The third kappa shape index (κ3) is 2.28. The standard InChI is InChI=1S/C12H15N/c1-4-7-10-8-11(5-2)12(6-3)13-9-10/h5-6,8-9H,2-4,7H2,1H3. The van der Waals surface area contributed by atoms with Gasteiger partial charge in [-0.3, -0.25) is 4.98 Å². The van der Waals surface area contributed by atoms with Gasteiger partial charge in [-0.2, -0.15) is 0 Å². The van der Waals surface area contributed by atoms with Crippen LogP contribution in [0.25, 0.3) is 12.2 Å². The molecule has 1 rings (SSSR count). The second kappa shape index (κ2) is 4.61. The van der Waals surface area contributed by atoms with Crippen LogP contribution in [0.5, 0.6) is 0 Å². The molecule has 1 aromatic heterocycles. The van der Waals surface area contributed by atoms with Crippen molar-refractivity contribution in [1.82, 2.24) is 4.98 Å². The van der Waals surface area contributed by atoms with E-state index in [4.69, 9.17) is 0 Å². The maximum Gasteiger partial charge on any atom is 0.0696 e. The predicted molar refractivity (Wildman–Crippen MR) is 58.4 cm³/mol. The molecule has 0 aliphatic heterocycles. The predicted octanol–water partition coefficient (Wildman–Crippen LogP) is 3.32. The second-order valence-electron chi connectivity index (χ2n) is 2.98. The van der Waals surface area contributed by atoms with Crippen molar-refractivity contribution in [1.29, 1.82) is 0 Å². The average Bonchev–Trinajstić information content (AvgIpc) is 2.18. The molecule has 0 aliphatic carbocycles. The quantitative estimate of drug-likeness (QED) is 0.680. The van der Waals surface area contributed by atoms with Crippen molar-refractivity contribution in [3.05, 3.63) is 42.2 Å². The Labute approximate surface area is 79.8 Å². The summed E-state index contributed by atoms with van der Waals surface area (Å²) >= 11 is 0. The van der Waals surface area contributed by atoms with E-state index in [1.165, 1.54) is 5.56 Å². The van der Waals surface area contributed by atoms with Gasteiger partial charge in [0.25, 0.3) is 0 Å². The SMILES string of the molecule is C=Cc1cc(CCC)cnc1C=C.